The maximum Gasteiger partial charge on any atom is 0.303 e. The van der Waals surface area contributed by atoms with Crippen LogP contribution in [0.1, 0.15) is 120 Å². The molecular formula is C46H46N6O5. The number of nitrogens with one attached hydrogen (secondary N) is 2. The number of carboxylic acid groups (broad SMARTS) is 2. The molecule has 0 saturated heterocycles. The topological polar surface area (TPSA) is 176 Å². The molecule has 8 rings (SSSR count). The molecule has 4 aromatic rings. The number of nitriles is 1. The Morgan fingerprint density at radius 3 is 2.26 bits per heavy atom. The number of fused-ring (bicyclic) bond motifs is 11. The van der Waals surface area contributed by atoms with Crippen molar-refractivity contribution in [3.63, 3.8) is 0 Å². The second kappa shape index (κ2) is 13.4. The van der Waals surface area contributed by atoms with E-state index >= 15 is 0 Å². The fourth-order valence-corrected chi connectivity index (χ4v) is 10.5. The van der Waals surface area contributed by atoms with Crippen LogP contribution >= 0.6 is 0 Å². The minimum absolute atomic E-state index is 0.0960. The van der Waals surface area contributed by atoms with Gasteiger partial charge in [0.25, 0.3) is 0 Å². The Morgan fingerprint density at radius 2 is 1.61 bits per heavy atom. The number of hydrogen-bond donors (Lipinski definition) is 4. The zero-order valence-corrected chi connectivity index (χ0v) is 33.3. The van der Waals surface area contributed by atoms with Crippen molar-refractivity contribution in [1.29, 1.82) is 5.26 Å². The number of aldehydes is 1. The Hall–Kier alpha value is -6.28. The van der Waals surface area contributed by atoms with Gasteiger partial charge in [-0.3, -0.25) is 19.4 Å². The van der Waals surface area contributed by atoms with Crippen molar-refractivity contribution in [3.8, 4) is 6.07 Å². The summed E-state index contributed by atoms with van der Waals surface area (Å²) >= 11 is 0. The van der Waals surface area contributed by atoms with Crippen LogP contribution in [0.5, 0.6) is 0 Å². The summed E-state index contributed by atoms with van der Waals surface area (Å²) in [5.41, 5.74) is 13.2. The van der Waals surface area contributed by atoms with Gasteiger partial charge >= 0.3 is 11.9 Å². The number of hydrogen-bond acceptors (Lipinski definition) is 7. The number of H-pyrrole nitrogens is 2. The third-order valence-corrected chi connectivity index (χ3v) is 13.3. The van der Waals surface area contributed by atoms with Gasteiger partial charge < -0.3 is 25.1 Å². The van der Waals surface area contributed by atoms with Crippen LogP contribution in [-0.2, 0) is 33.3 Å². The zero-order chi connectivity index (χ0) is 40.7. The lowest BCUT2D eigenvalue weighted by molar-refractivity contribution is -0.138. The molecule has 3 unspecified atom stereocenters. The van der Waals surface area contributed by atoms with Crippen LogP contribution in [0.15, 0.2) is 42.0 Å². The third-order valence-electron chi connectivity index (χ3n) is 13.3. The molecule has 11 heteroatoms. The summed E-state index contributed by atoms with van der Waals surface area (Å²) in [5.74, 6) is -1.91. The van der Waals surface area contributed by atoms with Gasteiger partial charge in [0.15, 0.2) is 0 Å². The predicted octanol–water partition coefficient (Wildman–Crippen LogP) is 8.51. The summed E-state index contributed by atoms with van der Waals surface area (Å²) < 4.78 is 0. The number of carbonyl (C=O) groups excluding carboxylic acids is 1. The molecule has 290 valence electrons. The van der Waals surface area contributed by atoms with E-state index in [4.69, 9.17) is 9.97 Å². The van der Waals surface area contributed by atoms with E-state index in [1.807, 2.05) is 38.2 Å². The van der Waals surface area contributed by atoms with Crippen LogP contribution in [0.25, 0.3) is 39.3 Å². The molecule has 0 saturated carbocycles. The number of aliphatic carboxylic acids is 2. The average Bonchev–Trinajstić information content (AvgIpc) is 3.84. The van der Waals surface area contributed by atoms with Crippen LogP contribution in [0.2, 0.25) is 0 Å². The number of nitrogens with zero attached hydrogens (tertiary/aromatic N) is 4. The van der Waals surface area contributed by atoms with Crippen molar-refractivity contribution in [2.75, 3.05) is 11.9 Å². The fraction of sp³-hybridized carbons (Fsp3) is 0.348. The first-order valence-corrected chi connectivity index (χ1v) is 19.6. The molecule has 57 heavy (non-hydrogen) atoms. The van der Waals surface area contributed by atoms with Crippen molar-refractivity contribution in [2.45, 2.75) is 96.9 Å². The van der Waals surface area contributed by atoms with Gasteiger partial charge in [0.05, 0.1) is 51.3 Å². The highest BCUT2D eigenvalue weighted by molar-refractivity contribution is 5.96. The number of allylic oxidation sites excluding steroid dienone is 2. The number of rotatable bonds is 9. The maximum atomic E-state index is 12.7. The minimum atomic E-state index is -1.15. The van der Waals surface area contributed by atoms with E-state index in [9.17, 15) is 29.9 Å². The number of benzene rings is 1. The molecule has 3 aliphatic heterocycles. The molecule has 3 atom stereocenters. The smallest absolute Gasteiger partial charge is 0.303 e. The molecule has 1 aromatic carbocycles. The number of aromatic nitrogens is 4. The van der Waals surface area contributed by atoms with Crippen LogP contribution in [-0.4, -0.2) is 61.5 Å². The normalized spacial score (nSPS) is 20.6. The summed E-state index contributed by atoms with van der Waals surface area (Å²) in [6, 6.07) is 13.6. The number of anilines is 1. The Labute approximate surface area is 330 Å². The summed E-state index contributed by atoms with van der Waals surface area (Å²) in [4.78, 5) is 57.5. The SMILES string of the molecule is CCC1=C(C)c2nc1cc1[nH]c(cc3[nH]c(cc4nc5c2C=C(C#N)C2N(C)c6ccc(C=O)cc6C4(CCC(=O)O)C52C)c(CCC(=O)O)c3C)c(CC)c1C. The predicted molar refractivity (Wildman–Crippen MR) is 221 cm³/mol. The number of likely N-dealkylation sites (N-methyl/N-ethyl adjacent to an activating group) is 1. The molecule has 1 aliphatic carbocycles. The first-order valence-electron chi connectivity index (χ1n) is 19.6. The lowest BCUT2D eigenvalue weighted by atomic mass is 9.49. The van der Waals surface area contributed by atoms with Crippen LogP contribution in [0, 0.1) is 25.2 Å². The number of aryl methyl sites for hydroxylation is 4. The molecule has 4 aliphatic rings. The summed E-state index contributed by atoms with van der Waals surface area (Å²) in [5, 5.41) is 31.3. The van der Waals surface area contributed by atoms with Crippen LogP contribution in [0.4, 0.5) is 5.69 Å². The minimum Gasteiger partial charge on any atom is -0.481 e. The first-order chi connectivity index (χ1) is 27.2. The Bertz CT molecular complexity index is 2740. The van der Waals surface area contributed by atoms with Crippen molar-refractivity contribution < 1.29 is 24.6 Å². The van der Waals surface area contributed by atoms with Crippen molar-refractivity contribution in [1.82, 2.24) is 19.9 Å². The van der Waals surface area contributed by atoms with E-state index in [-0.39, 0.29) is 25.7 Å². The van der Waals surface area contributed by atoms with E-state index in [1.165, 1.54) is 0 Å². The lowest BCUT2D eigenvalue weighted by Gasteiger charge is -2.57. The van der Waals surface area contributed by atoms with Gasteiger partial charge in [-0.25, -0.2) is 4.98 Å². The van der Waals surface area contributed by atoms with Crippen LogP contribution in [0.3, 0.4) is 0 Å². The second-order valence-corrected chi connectivity index (χ2v) is 16.0. The fourth-order valence-electron chi connectivity index (χ4n) is 10.5. The van der Waals surface area contributed by atoms with E-state index in [1.54, 1.807) is 6.07 Å². The van der Waals surface area contributed by atoms with Gasteiger partial charge in [0.2, 0.25) is 0 Å². The van der Waals surface area contributed by atoms with E-state index in [0.717, 1.165) is 86.0 Å². The second-order valence-electron chi connectivity index (χ2n) is 16.0. The lowest BCUT2D eigenvalue weighted by Crippen LogP contribution is -2.63. The van der Waals surface area contributed by atoms with Gasteiger partial charge in [0, 0.05) is 58.8 Å². The van der Waals surface area contributed by atoms with Gasteiger partial charge in [-0.15, -0.1) is 0 Å². The van der Waals surface area contributed by atoms with Crippen molar-refractivity contribution in [2.24, 2.45) is 0 Å². The summed E-state index contributed by atoms with van der Waals surface area (Å²) in [6.07, 6.45) is 4.26. The van der Waals surface area contributed by atoms with E-state index < -0.39 is 28.8 Å². The summed E-state index contributed by atoms with van der Waals surface area (Å²) in [6.45, 7) is 12.5. The summed E-state index contributed by atoms with van der Waals surface area (Å²) in [7, 11) is 1.94. The number of carboxylic acids is 2. The Balaban J connectivity index is 1.65. The van der Waals surface area contributed by atoms with Crippen molar-refractivity contribution >= 4 is 63.2 Å². The van der Waals surface area contributed by atoms with E-state index in [2.05, 4.69) is 67.7 Å². The Kier molecular flexibility index (Phi) is 8.87. The molecule has 8 bridgehead atoms. The molecule has 0 fully saturated rings. The molecule has 0 amide bonds. The van der Waals surface area contributed by atoms with Gasteiger partial charge in [0.1, 0.15) is 6.29 Å². The first kappa shape index (κ1) is 37.6. The average molecular weight is 763 g/mol. The van der Waals surface area contributed by atoms with Gasteiger partial charge in [-0.2, -0.15) is 5.26 Å². The number of aromatic amines is 2. The third kappa shape index (κ3) is 5.26. The molecule has 6 heterocycles. The highest BCUT2D eigenvalue weighted by atomic mass is 16.4. The van der Waals surface area contributed by atoms with Crippen molar-refractivity contribution in [3.05, 3.63) is 104 Å². The molecular weight excluding hydrogens is 717 g/mol. The quantitative estimate of drug-likeness (QED) is 0.122. The molecule has 11 nitrogen and oxygen atoms in total. The van der Waals surface area contributed by atoms with Gasteiger partial charge in [-0.1, -0.05) is 20.8 Å². The van der Waals surface area contributed by atoms with Crippen LogP contribution < -0.4 is 4.90 Å². The molecule has 4 N–H and O–H groups in total. The highest BCUT2D eigenvalue weighted by Crippen LogP contribution is 2.65. The molecule has 0 radical (unpaired) electrons. The monoisotopic (exact) mass is 762 g/mol. The standard InChI is InChI=1S/C46H46N6O5/c1-8-28-23(3)33-19-36-29(9-2)25(5)42(50-36)31-17-27(21-47)44-45(6)43(31)51-39(20-37-30(11-13-40(54)55)24(4)34(49-37)18-35(28)48-33)46(45,15-14-41(56)57)32-16-26(22-53)10-12-38(32)52(44)7/h10,12,16-20,22,44,48-49H,8-9,11,13-15H2,1-7H3,(H,54,55)(H,56,57). The number of carbonyl (C=O) groups is 3. The highest BCUT2D eigenvalue weighted by Gasteiger charge is 2.67. The largest absolute Gasteiger partial charge is 0.481 e. The Morgan fingerprint density at radius 1 is 0.930 bits per heavy atom. The zero-order valence-electron chi connectivity index (χ0n) is 33.3. The molecule has 0 spiro atoms. The molecule has 3 aromatic heterocycles. The van der Waals surface area contributed by atoms with Gasteiger partial charge in [-0.05, 0) is 128 Å². The maximum absolute atomic E-state index is 12.7. The van der Waals surface area contributed by atoms with E-state index in [0.29, 0.717) is 39.3 Å².